The number of nitriles is 1. The Kier molecular flexibility index (Phi) is 2.26. The number of hydrogen-bond acceptors (Lipinski definition) is 3. The first-order valence-corrected chi connectivity index (χ1v) is 4.66. The molecule has 5 heteroatoms. The van der Waals surface area contributed by atoms with Gasteiger partial charge in [-0.15, -0.1) is 0 Å². The van der Waals surface area contributed by atoms with E-state index in [-0.39, 0.29) is 5.46 Å². The highest BCUT2D eigenvalue weighted by atomic mass is 19.1. The van der Waals surface area contributed by atoms with Crippen molar-refractivity contribution in [2.75, 3.05) is 0 Å². The van der Waals surface area contributed by atoms with Gasteiger partial charge in [-0.05, 0) is 24.4 Å². The van der Waals surface area contributed by atoms with Crippen molar-refractivity contribution in [3.05, 3.63) is 29.6 Å². The van der Waals surface area contributed by atoms with Crippen LogP contribution in [0.25, 0.3) is 0 Å². The lowest BCUT2D eigenvalue weighted by atomic mass is 9.79. The summed E-state index contributed by atoms with van der Waals surface area (Å²) in [6, 6.07) is 6.05. The van der Waals surface area contributed by atoms with Crippen molar-refractivity contribution < 1.29 is 14.4 Å². The molecule has 0 unspecified atom stereocenters. The molecule has 1 fully saturated rings. The molecule has 0 bridgehead atoms. The predicted molar refractivity (Wildman–Crippen MR) is 52.8 cm³/mol. The predicted octanol–water partition coefficient (Wildman–Crippen LogP) is 0.0607. The van der Waals surface area contributed by atoms with Gasteiger partial charge in [-0.3, -0.25) is 0 Å². The van der Waals surface area contributed by atoms with Crippen molar-refractivity contribution in [3.63, 3.8) is 0 Å². The Balaban J connectivity index is 2.41. The van der Waals surface area contributed by atoms with E-state index in [0.29, 0.717) is 18.4 Å². The fourth-order valence-electron chi connectivity index (χ4n) is 1.65. The minimum atomic E-state index is -1.68. The van der Waals surface area contributed by atoms with Gasteiger partial charge in [0.05, 0.1) is 11.5 Å². The zero-order valence-electron chi connectivity index (χ0n) is 7.94. The highest BCUT2D eigenvalue weighted by Crippen LogP contribution is 2.48. The third kappa shape index (κ3) is 1.62. The molecule has 0 spiro atoms. The molecule has 1 saturated carbocycles. The van der Waals surface area contributed by atoms with Crippen molar-refractivity contribution in [2.45, 2.75) is 18.3 Å². The van der Waals surface area contributed by atoms with Gasteiger partial charge in [-0.25, -0.2) is 4.39 Å². The molecule has 0 amide bonds. The van der Waals surface area contributed by atoms with E-state index in [0.717, 1.165) is 6.07 Å². The topological polar surface area (TPSA) is 64.2 Å². The summed E-state index contributed by atoms with van der Waals surface area (Å²) in [5.74, 6) is -0.542. The number of benzene rings is 1. The van der Waals surface area contributed by atoms with Crippen LogP contribution in [-0.4, -0.2) is 17.2 Å². The molecule has 3 nitrogen and oxygen atoms in total. The third-order valence-electron chi connectivity index (χ3n) is 2.77. The van der Waals surface area contributed by atoms with E-state index in [1.54, 1.807) is 0 Å². The Labute approximate surface area is 86.9 Å². The summed E-state index contributed by atoms with van der Waals surface area (Å²) >= 11 is 0. The van der Waals surface area contributed by atoms with Crippen molar-refractivity contribution in [1.82, 2.24) is 0 Å². The van der Waals surface area contributed by atoms with Crippen molar-refractivity contribution in [1.29, 1.82) is 5.26 Å². The van der Waals surface area contributed by atoms with Gasteiger partial charge in [0.15, 0.2) is 0 Å². The molecule has 0 aliphatic heterocycles. The van der Waals surface area contributed by atoms with E-state index < -0.39 is 18.4 Å². The van der Waals surface area contributed by atoms with Crippen LogP contribution >= 0.6 is 0 Å². The molecule has 1 aliphatic carbocycles. The maximum atomic E-state index is 13.6. The second-order valence-electron chi connectivity index (χ2n) is 3.81. The van der Waals surface area contributed by atoms with Gasteiger partial charge >= 0.3 is 7.12 Å². The first-order chi connectivity index (χ1) is 7.09. The van der Waals surface area contributed by atoms with Crippen LogP contribution in [0.15, 0.2) is 18.2 Å². The van der Waals surface area contributed by atoms with Gasteiger partial charge in [0.2, 0.25) is 0 Å². The standard InChI is InChI=1S/C10H9BFNO2/c12-9-5-7(11(14)15)1-2-8(9)10(6-13)3-4-10/h1-2,5,14-15H,3-4H2. The molecular formula is C10H9BFNO2. The fraction of sp³-hybridized carbons (Fsp3) is 0.300. The van der Waals surface area contributed by atoms with Crippen LogP contribution in [0.4, 0.5) is 4.39 Å². The molecule has 76 valence electrons. The van der Waals surface area contributed by atoms with Gasteiger partial charge in [0.1, 0.15) is 5.82 Å². The van der Waals surface area contributed by atoms with Gasteiger partial charge in [0.25, 0.3) is 0 Å². The molecule has 2 N–H and O–H groups in total. The quantitative estimate of drug-likeness (QED) is 0.671. The Bertz CT molecular complexity index is 438. The average Bonchev–Trinajstić information content (AvgIpc) is 2.98. The van der Waals surface area contributed by atoms with Crippen LogP contribution in [0.2, 0.25) is 0 Å². The zero-order valence-corrected chi connectivity index (χ0v) is 7.94. The molecular weight excluding hydrogens is 196 g/mol. The molecule has 2 rings (SSSR count). The fourth-order valence-corrected chi connectivity index (χ4v) is 1.65. The molecule has 15 heavy (non-hydrogen) atoms. The maximum absolute atomic E-state index is 13.6. The van der Waals surface area contributed by atoms with E-state index in [4.69, 9.17) is 15.3 Å². The molecule has 1 aromatic rings. The zero-order chi connectivity index (χ0) is 11.1. The van der Waals surface area contributed by atoms with Crippen LogP contribution in [0.1, 0.15) is 18.4 Å². The second-order valence-corrected chi connectivity index (χ2v) is 3.81. The van der Waals surface area contributed by atoms with Crippen LogP contribution in [0.3, 0.4) is 0 Å². The van der Waals surface area contributed by atoms with Crippen LogP contribution in [-0.2, 0) is 5.41 Å². The minimum Gasteiger partial charge on any atom is -0.423 e. The van der Waals surface area contributed by atoms with E-state index in [1.807, 2.05) is 0 Å². The third-order valence-corrected chi connectivity index (χ3v) is 2.77. The van der Waals surface area contributed by atoms with Crippen LogP contribution in [0.5, 0.6) is 0 Å². The molecule has 0 saturated heterocycles. The lowest BCUT2D eigenvalue weighted by Crippen LogP contribution is -2.30. The Morgan fingerprint density at radius 3 is 2.47 bits per heavy atom. The number of hydrogen-bond donors (Lipinski definition) is 2. The summed E-state index contributed by atoms with van der Waals surface area (Å²) in [4.78, 5) is 0. The number of halogens is 1. The van der Waals surface area contributed by atoms with Gasteiger partial charge in [-0.2, -0.15) is 5.26 Å². The minimum absolute atomic E-state index is 0.102. The molecule has 0 atom stereocenters. The average molecular weight is 205 g/mol. The van der Waals surface area contributed by atoms with Crippen LogP contribution in [0, 0.1) is 17.1 Å². The first kappa shape index (κ1) is 10.2. The first-order valence-electron chi connectivity index (χ1n) is 4.66. The van der Waals surface area contributed by atoms with E-state index in [9.17, 15) is 4.39 Å². The molecule has 0 aromatic heterocycles. The lowest BCUT2D eigenvalue weighted by Gasteiger charge is -2.09. The lowest BCUT2D eigenvalue weighted by molar-refractivity contribution is 0.425. The summed E-state index contributed by atoms with van der Waals surface area (Å²) in [5.41, 5.74) is -0.220. The van der Waals surface area contributed by atoms with E-state index >= 15 is 0 Å². The Hall–Kier alpha value is -1.38. The smallest absolute Gasteiger partial charge is 0.423 e. The number of rotatable bonds is 2. The van der Waals surface area contributed by atoms with Crippen molar-refractivity contribution >= 4 is 12.6 Å². The second kappa shape index (κ2) is 3.33. The maximum Gasteiger partial charge on any atom is 0.488 e. The van der Waals surface area contributed by atoms with Crippen LogP contribution < -0.4 is 5.46 Å². The van der Waals surface area contributed by atoms with Gasteiger partial charge < -0.3 is 10.0 Å². The summed E-state index contributed by atoms with van der Waals surface area (Å²) in [6.07, 6.45) is 1.34. The summed E-state index contributed by atoms with van der Waals surface area (Å²) < 4.78 is 13.6. The summed E-state index contributed by atoms with van der Waals surface area (Å²) in [6.45, 7) is 0. The Morgan fingerprint density at radius 2 is 2.07 bits per heavy atom. The largest absolute Gasteiger partial charge is 0.488 e. The monoisotopic (exact) mass is 205 g/mol. The molecule has 0 heterocycles. The van der Waals surface area contributed by atoms with Crippen molar-refractivity contribution in [3.8, 4) is 6.07 Å². The van der Waals surface area contributed by atoms with Gasteiger partial charge in [0, 0.05) is 5.56 Å². The summed E-state index contributed by atoms with van der Waals surface area (Å²) in [7, 11) is -1.68. The molecule has 0 radical (unpaired) electrons. The normalized spacial score (nSPS) is 16.9. The summed E-state index contributed by atoms with van der Waals surface area (Å²) in [5, 5.41) is 26.6. The van der Waals surface area contributed by atoms with Crippen molar-refractivity contribution in [2.24, 2.45) is 0 Å². The van der Waals surface area contributed by atoms with E-state index in [1.165, 1.54) is 12.1 Å². The Morgan fingerprint density at radius 1 is 1.40 bits per heavy atom. The highest BCUT2D eigenvalue weighted by molar-refractivity contribution is 6.58. The van der Waals surface area contributed by atoms with E-state index in [2.05, 4.69) is 6.07 Å². The number of nitrogens with zero attached hydrogens (tertiary/aromatic N) is 1. The highest BCUT2D eigenvalue weighted by Gasteiger charge is 2.46. The SMILES string of the molecule is N#CC1(c2ccc(B(O)O)cc2F)CC1. The van der Waals surface area contributed by atoms with Gasteiger partial charge in [-0.1, -0.05) is 12.1 Å². The molecule has 1 aliphatic rings. The molecule has 1 aromatic carbocycles.